The Balaban J connectivity index is 1.64. The molecular formula is C23H30N2O2. The van der Waals surface area contributed by atoms with Gasteiger partial charge in [0, 0.05) is 19.6 Å². The highest BCUT2D eigenvalue weighted by atomic mass is 16.5. The van der Waals surface area contributed by atoms with Crippen LogP contribution in [0.1, 0.15) is 41.8 Å². The fourth-order valence-electron chi connectivity index (χ4n) is 3.37. The highest BCUT2D eigenvalue weighted by Crippen LogP contribution is 2.22. The zero-order valence-electron chi connectivity index (χ0n) is 16.7. The van der Waals surface area contributed by atoms with Gasteiger partial charge in [-0.2, -0.15) is 0 Å². The predicted octanol–water partition coefficient (Wildman–Crippen LogP) is 4.75. The molecule has 0 atom stereocenters. The molecule has 27 heavy (non-hydrogen) atoms. The van der Waals surface area contributed by atoms with Gasteiger partial charge in [-0.1, -0.05) is 12.1 Å². The van der Waals surface area contributed by atoms with E-state index in [0.29, 0.717) is 0 Å². The number of aliphatic hydroxyl groups excluding tert-OH is 1. The second-order valence-corrected chi connectivity index (χ2v) is 7.30. The SMILES string of the molecule is Cc1cccc(OCCCCn2c(CCCO)nc3cc(C)c(C)cc32)c1. The molecule has 1 heterocycles. The number of aromatic nitrogens is 2. The minimum Gasteiger partial charge on any atom is -0.494 e. The molecule has 3 rings (SSSR count). The average molecular weight is 367 g/mol. The van der Waals surface area contributed by atoms with Crippen LogP contribution in [-0.2, 0) is 13.0 Å². The molecule has 4 heteroatoms. The fourth-order valence-corrected chi connectivity index (χ4v) is 3.37. The Bertz CT molecular complexity index is 899. The number of ether oxygens (including phenoxy) is 1. The Morgan fingerprint density at radius 1 is 1.00 bits per heavy atom. The van der Waals surface area contributed by atoms with Crippen molar-refractivity contribution in [3.8, 4) is 5.75 Å². The van der Waals surface area contributed by atoms with E-state index in [-0.39, 0.29) is 6.61 Å². The Morgan fingerprint density at radius 2 is 1.81 bits per heavy atom. The Kier molecular flexibility index (Phi) is 6.51. The largest absolute Gasteiger partial charge is 0.494 e. The molecule has 0 radical (unpaired) electrons. The normalized spacial score (nSPS) is 11.3. The molecule has 0 saturated heterocycles. The van der Waals surface area contributed by atoms with E-state index in [0.717, 1.165) is 55.9 Å². The number of rotatable bonds is 9. The third-order valence-corrected chi connectivity index (χ3v) is 5.04. The molecule has 0 spiro atoms. The van der Waals surface area contributed by atoms with Crippen LogP contribution in [0.25, 0.3) is 11.0 Å². The monoisotopic (exact) mass is 366 g/mol. The van der Waals surface area contributed by atoms with Crippen molar-refractivity contribution < 1.29 is 9.84 Å². The first-order chi connectivity index (χ1) is 13.1. The minimum atomic E-state index is 0.200. The number of hydrogen-bond acceptors (Lipinski definition) is 3. The van der Waals surface area contributed by atoms with Crippen LogP contribution in [0.4, 0.5) is 0 Å². The van der Waals surface area contributed by atoms with Gasteiger partial charge in [-0.15, -0.1) is 0 Å². The van der Waals surface area contributed by atoms with E-state index in [4.69, 9.17) is 9.72 Å². The molecule has 144 valence electrons. The summed E-state index contributed by atoms with van der Waals surface area (Å²) >= 11 is 0. The summed E-state index contributed by atoms with van der Waals surface area (Å²) in [5.74, 6) is 2.02. The number of aliphatic hydroxyl groups is 1. The summed E-state index contributed by atoms with van der Waals surface area (Å²) in [7, 11) is 0. The van der Waals surface area contributed by atoms with Crippen molar-refractivity contribution in [3.05, 3.63) is 58.9 Å². The third kappa shape index (κ3) is 4.89. The predicted molar refractivity (Wildman–Crippen MR) is 111 cm³/mol. The molecule has 0 aliphatic heterocycles. The van der Waals surface area contributed by atoms with Crippen molar-refractivity contribution >= 4 is 11.0 Å². The van der Waals surface area contributed by atoms with Gasteiger partial charge in [0.25, 0.3) is 0 Å². The van der Waals surface area contributed by atoms with Crippen LogP contribution in [0.3, 0.4) is 0 Å². The molecule has 0 unspecified atom stereocenters. The number of aryl methyl sites for hydroxylation is 5. The summed E-state index contributed by atoms with van der Waals surface area (Å²) < 4.78 is 8.19. The maximum absolute atomic E-state index is 9.20. The van der Waals surface area contributed by atoms with E-state index in [1.54, 1.807) is 0 Å². The Morgan fingerprint density at radius 3 is 2.59 bits per heavy atom. The summed E-state index contributed by atoms with van der Waals surface area (Å²) in [5, 5.41) is 9.20. The standard InChI is InChI=1S/C23H30N2O2/c1-17-8-6-9-20(14-17)27-13-5-4-11-25-22-16-19(3)18(2)15-21(22)24-23(25)10-7-12-26/h6,8-9,14-16,26H,4-5,7,10-13H2,1-3H3. The first-order valence-corrected chi connectivity index (χ1v) is 9.85. The van der Waals surface area contributed by atoms with E-state index in [1.165, 1.54) is 22.2 Å². The molecule has 0 amide bonds. The number of hydrogen-bond donors (Lipinski definition) is 1. The average Bonchev–Trinajstić information content (AvgIpc) is 2.96. The van der Waals surface area contributed by atoms with Gasteiger partial charge in [0.05, 0.1) is 17.6 Å². The van der Waals surface area contributed by atoms with Gasteiger partial charge in [-0.05, 0) is 81.0 Å². The summed E-state index contributed by atoms with van der Waals surface area (Å²) in [6.45, 7) is 8.20. The summed E-state index contributed by atoms with van der Waals surface area (Å²) in [5.41, 5.74) is 6.04. The van der Waals surface area contributed by atoms with E-state index in [9.17, 15) is 5.11 Å². The van der Waals surface area contributed by atoms with Gasteiger partial charge >= 0.3 is 0 Å². The molecule has 3 aromatic rings. The maximum atomic E-state index is 9.20. The van der Waals surface area contributed by atoms with Crippen LogP contribution in [0.15, 0.2) is 36.4 Å². The van der Waals surface area contributed by atoms with Crippen LogP contribution < -0.4 is 4.74 Å². The second kappa shape index (κ2) is 9.05. The number of nitrogens with zero attached hydrogens (tertiary/aromatic N) is 2. The van der Waals surface area contributed by atoms with Crippen molar-refractivity contribution in [1.82, 2.24) is 9.55 Å². The van der Waals surface area contributed by atoms with Gasteiger partial charge < -0.3 is 14.4 Å². The highest BCUT2D eigenvalue weighted by Gasteiger charge is 2.11. The van der Waals surface area contributed by atoms with Crippen molar-refractivity contribution in [3.63, 3.8) is 0 Å². The van der Waals surface area contributed by atoms with Crippen LogP contribution in [0.5, 0.6) is 5.75 Å². The lowest BCUT2D eigenvalue weighted by atomic mass is 10.1. The first-order valence-electron chi connectivity index (χ1n) is 9.85. The summed E-state index contributed by atoms with van der Waals surface area (Å²) in [6, 6.07) is 12.6. The minimum absolute atomic E-state index is 0.200. The number of benzene rings is 2. The van der Waals surface area contributed by atoms with E-state index in [2.05, 4.69) is 49.6 Å². The number of fused-ring (bicyclic) bond motifs is 1. The van der Waals surface area contributed by atoms with E-state index >= 15 is 0 Å². The van der Waals surface area contributed by atoms with Crippen LogP contribution >= 0.6 is 0 Å². The molecule has 0 bridgehead atoms. The lowest BCUT2D eigenvalue weighted by Gasteiger charge is -2.11. The van der Waals surface area contributed by atoms with Gasteiger partial charge in [0.2, 0.25) is 0 Å². The van der Waals surface area contributed by atoms with Gasteiger partial charge in [-0.3, -0.25) is 0 Å². The molecule has 2 aromatic carbocycles. The molecular weight excluding hydrogens is 336 g/mol. The molecule has 0 fully saturated rings. The summed E-state index contributed by atoms with van der Waals surface area (Å²) in [4.78, 5) is 4.83. The maximum Gasteiger partial charge on any atom is 0.119 e. The fraction of sp³-hybridized carbons (Fsp3) is 0.435. The lowest BCUT2D eigenvalue weighted by Crippen LogP contribution is -2.07. The molecule has 0 aliphatic carbocycles. The van der Waals surface area contributed by atoms with Crippen molar-refractivity contribution in [2.45, 2.75) is 53.0 Å². The van der Waals surface area contributed by atoms with Crippen molar-refractivity contribution in [1.29, 1.82) is 0 Å². The second-order valence-electron chi connectivity index (χ2n) is 7.30. The number of imidazole rings is 1. The van der Waals surface area contributed by atoms with E-state index < -0.39 is 0 Å². The smallest absolute Gasteiger partial charge is 0.119 e. The zero-order chi connectivity index (χ0) is 19.2. The molecule has 1 aromatic heterocycles. The van der Waals surface area contributed by atoms with Crippen LogP contribution in [-0.4, -0.2) is 27.9 Å². The molecule has 1 N–H and O–H groups in total. The summed E-state index contributed by atoms with van der Waals surface area (Å²) in [6.07, 6.45) is 3.59. The zero-order valence-corrected chi connectivity index (χ0v) is 16.7. The lowest BCUT2D eigenvalue weighted by molar-refractivity contribution is 0.286. The Labute approximate surface area is 161 Å². The van der Waals surface area contributed by atoms with Crippen molar-refractivity contribution in [2.75, 3.05) is 13.2 Å². The van der Waals surface area contributed by atoms with E-state index in [1.807, 2.05) is 12.1 Å². The quantitative estimate of drug-likeness (QED) is 0.556. The van der Waals surface area contributed by atoms with Gasteiger partial charge in [0.15, 0.2) is 0 Å². The van der Waals surface area contributed by atoms with Crippen LogP contribution in [0, 0.1) is 20.8 Å². The third-order valence-electron chi connectivity index (χ3n) is 5.04. The Hall–Kier alpha value is -2.33. The topological polar surface area (TPSA) is 47.3 Å². The van der Waals surface area contributed by atoms with Gasteiger partial charge in [-0.25, -0.2) is 4.98 Å². The van der Waals surface area contributed by atoms with Crippen molar-refractivity contribution in [2.24, 2.45) is 0 Å². The number of unbranched alkanes of at least 4 members (excludes halogenated alkanes) is 1. The molecule has 4 nitrogen and oxygen atoms in total. The molecule has 0 saturated carbocycles. The van der Waals surface area contributed by atoms with Crippen LogP contribution in [0.2, 0.25) is 0 Å². The molecule has 0 aliphatic rings. The van der Waals surface area contributed by atoms with Gasteiger partial charge in [0.1, 0.15) is 11.6 Å². The first kappa shape index (κ1) is 19.4. The highest BCUT2D eigenvalue weighted by molar-refractivity contribution is 5.78.